The van der Waals surface area contributed by atoms with E-state index in [1.54, 1.807) is 18.0 Å². The van der Waals surface area contributed by atoms with E-state index >= 15 is 0 Å². The normalized spacial score (nSPS) is 17.8. The predicted octanol–water partition coefficient (Wildman–Crippen LogP) is 6.46. The van der Waals surface area contributed by atoms with Crippen molar-refractivity contribution < 1.29 is 33.3 Å². The number of halogens is 1. The van der Waals surface area contributed by atoms with E-state index in [0.29, 0.717) is 29.5 Å². The fraction of sp³-hybridized carbons (Fsp3) is 0.571. The summed E-state index contributed by atoms with van der Waals surface area (Å²) < 4.78 is 22.3. The van der Waals surface area contributed by atoms with Gasteiger partial charge in [0.25, 0.3) is 5.91 Å². The zero-order valence-corrected chi connectivity index (χ0v) is 28.4. The first kappa shape index (κ1) is 35.5. The van der Waals surface area contributed by atoms with E-state index in [9.17, 15) is 14.4 Å². The number of alkyl carbamates (subject to hydrolysis) is 1. The van der Waals surface area contributed by atoms with Crippen LogP contribution >= 0.6 is 11.6 Å². The number of rotatable bonds is 13. The van der Waals surface area contributed by atoms with E-state index in [4.69, 9.17) is 25.8 Å². The van der Waals surface area contributed by atoms with Gasteiger partial charge in [-0.15, -0.1) is 0 Å². The Bertz CT molecular complexity index is 1340. The van der Waals surface area contributed by atoms with Gasteiger partial charge in [0.1, 0.15) is 11.7 Å². The molecule has 2 N–H and O–H groups in total. The van der Waals surface area contributed by atoms with Crippen LogP contribution in [0.25, 0.3) is 0 Å². The lowest BCUT2D eigenvalue weighted by atomic mass is 9.93. The first-order valence-corrected chi connectivity index (χ1v) is 16.5. The molecule has 0 radical (unpaired) electrons. The van der Waals surface area contributed by atoms with Crippen LogP contribution in [0.15, 0.2) is 42.5 Å². The van der Waals surface area contributed by atoms with Gasteiger partial charge in [-0.25, -0.2) is 9.59 Å². The molecule has 0 bridgehead atoms. The number of benzene rings is 2. The van der Waals surface area contributed by atoms with Gasteiger partial charge in [-0.3, -0.25) is 4.79 Å². The van der Waals surface area contributed by atoms with Gasteiger partial charge in [0.05, 0.1) is 19.8 Å². The molecule has 1 saturated heterocycles. The summed E-state index contributed by atoms with van der Waals surface area (Å²) in [5.74, 6) is 0.433. The van der Waals surface area contributed by atoms with Crippen molar-refractivity contribution in [3.8, 4) is 0 Å². The average molecular weight is 658 g/mol. The summed E-state index contributed by atoms with van der Waals surface area (Å²) >= 11 is 6.36. The van der Waals surface area contributed by atoms with Gasteiger partial charge in [0.2, 0.25) is 0 Å². The van der Waals surface area contributed by atoms with Crippen LogP contribution in [-0.2, 0) is 18.9 Å². The first-order chi connectivity index (χ1) is 21.9. The Morgan fingerprint density at radius 2 is 1.85 bits per heavy atom. The topological polar surface area (TPSA) is 115 Å². The fourth-order valence-corrected chi connectivity index (χ4v) is 5.82. The molecule has 1 heterocycles. The quantitative estimate of drug-likeness (QED) is 0.238. The second-order valence-corrected chi connectivity index (χ2v) is 13.6. The Morgan fingerprint density at radius 1 is 1.07 bits per heavy atom. The summed E-state index contributed by atoms with van der Waals surface area (Å²) in [4.78, 5) is 40.0. The number of carbonyl (C=O) groups is 3. The zero-order chi connectivity index (χ0) is 33.3. The number of hydrogen-bond acceptors (Lipinski definition) is 7. The summed E-state index contributed by atoms with van der Waals surface area (Å²) in [6.45, 7) is 7.63. The molecule has 4 rings (SSSR count). The third-order valence-electron chi connectivity index (χ3n) is 8.17. The Balaban J connectivity index is 1.55. The monoisotopic (exact) mass is 657 g/mol. The van der Waals surface area contributed by atoms with Crippen LogP contribution in [0.4, 0.5) is 9.59 Å². The molecule has 46 heavy (non-hydrogen) atoms. The SMILES string of the molecule is COC(=O)NCCOC(c1cccc(Cl)c1)c1cc(C(=O)NC[C@H](C[C@H]2CCCOC2)N(C)C(=O)OC(C)(C)C)cc(C2CC2)c1. The molecule has 2 aromatic rings. The highest BCUT2D eigenvalue weighted by atomic mass is 35.5. The molecule has 2 aliphatic rings. The minimum Gasteiger partial charge on any atom is -0.453 e. The minimum atomic E-state index is -0.635. The van der Waals surface area contributed by atoms with Crippen LogP contribution < -0.4 is 10.6 Å². The van der Waals surface area contributed by atoms with Crippen molar-refractivity contribution in [2.24, 2.45) is 5.92 Å². The van der Waals surface area contributed by atoms with E-state index in [2.05, 4.69) is 21.4 Å². The highest BCUT2D eigenvalue weighted by molar-refractivity contribution is 6.30. The molecule has 0 spiro atoms. The Labute approximate surface area is 277 Å². The lowest BCUT2D eigenvalue weighted by Crippen LogP contribution is -2.48. The summed E-state index contributed by atoms with van der Waals surface area (Å²) in [5.41, 5.74) is 2.61. The Kier molecular flexibility index (Phi) is 12.7. The summed E-state index contributed by atoms with van der Waals surface area (Å²) in [7, 11) is 3.03. The largest absolute Gasteiger partial charge is 0.453 e. The second kappa shape index (κ2) is 16.5. The maximum absolute atomic E-state index is 13.8. The molecule has 252 valence electrons. The van der Waals surface area contributed by atoms with Gasteiger partial charge in [-0.1, -0.05) is 29.8 Å². The average Bonchev–Trinajstić information content (AvgIpc) is 3.88. The van der Waals surface area contributed by atoms with Crippen LogP contribution in [0.5, 0.6) is 0 Å². The summed E-state index contributed by atoms with van der Waals surface area (Å²) in [5, 5.41) is 6.31. The molecular weight excluding hydrogens is 610 g/mol. The highest BCUT2D eigenvalue weighted by Gasteiger charge is 2.30. The van der Waals surface area contributed by atoms with Crippen LogP contribution in [-0.4, -0.2) is 81.7 Å². The van der Waals surface area contributed by atoms with Gasteiger partial charge in [0, 0.05) is 43.9 Å². The third kappa shape index (κ3) is 10.9. The molecule has 1 saturated carbocycles. The fourth-order valence-electron chi connectivity index (χ4n) is 5.62. The van der Waals surface area contributed by atoms with Crippen molar-refractivity contribution in [1.82, 2.24) is 15.5 Å². The van der Waals surface area contributed by atoms with Crippen molar-refractivity contribution in [3.63, 3.8) is 0 Å². The van der Waals surface area contributed by atoms with Crippen molar-refractivity contribution in [1.29, 1.82) is 0 Å². The second-order valence-electron chi connectivity index (χ2n) is 13.2. The Hall–Kier alpha value is -3.34. The van der Waals surface area contributed by atoms with Gasteiger partial charge >= 0.3 is 12.2 Å². The summed E-state index contributed by atoms with van der Waals surface area (Å²) in [6, 6.07) is 13.0. The predicted molar refractivity (Wildman–Crippen MR) is 176 cm³/mol. The number of carbonyl (C=O) groups excluding carboxylic acids is 3. The van der Waals surface area contributed by atoms with E-state index in [0.717, 1.165) is 49.0 Å². The molecule has 11 heteroatoms. The van der Waals surface area contributed by atoms with Crippen molar-refractivity contribution in [3.05, 3.63) is 69.7 Å². The lowest BCUT2D eigenvalue weighted by Gasteiger charge is -2.34. The third-order valence-corrected chi connectivity index (χ3v) is 8.41. The number of amides is 3. The van der Waals surface area contributed by atoms with Gasteiger partial charge in [-0.2, -0.15) is 0 Å². The van der Waals surface area contributed by atoms with Crippen LogP contribution in [0.2, 0.25) is 5.02 Å². The molecule has 1 aliphatic carbocycles. The number of nitrogens with zero attached hydrogens (tertiary/aromatic N) is 1. The maximum Gasteiger partial charge on any atom is 0.410 e. The van der Waals surface area contributed by atoms with Crippen LogP contribution in [0, 0.1) is 5.92 Å². The van der Waals surface area contributed by atoms with E-state index in [1.807, 2.05) is 51.1 Å². The van der Waals surface area contributed by atoms with E-state index in [-0.39, 0.29) is 37.6 Å². The number of nitrogens with one attached hydrogen (secondary N) is 2. The maximum atomic E-state index is 13.8. The number of ether oxygens (including phenoxy) is 4. The number of methoxy groups -OCH3 is 1. The van der Waals surface area contributed by atoms with Crippen LogP contribution in [0.1, 0.15) is 91.9 Å². The van der Waals surface area contributed by atoms with Crippen LogP contribution in [0.3, 0.4) is 0 Å². The van der Waals surface area contributed by atoms with Crippen molar-refractivity contribution in [2.45, 2.75) is 76.5 Å². The molecule has 3 amide bonds. The van der Waals surface area contributed by atoms with Gasteiger partial charge in [0.15, 0.2) is 0 Å². The number of likely N-dealkylation sites (N-methyl/N-ethyl adjacent to an activating group) is 1. The molecule has 2 aromatic carbocycles. The molecular formula is C35H48ClN3O7. The highest BCUT2D eigenvalue weighted by Crippen LogP contribution is 2.42. The molecule has 1 unspecified atom stereocenters. The molecule has 2 fully saturated rings. The van der Waals surface area contributed by atoms with E-state index in [1.165, 1.54) is 7.11 Å². The first-order valence-electron chi connectivity index (χ1n) is 16.1. The zero-order valence-electron chi connectivity index (χ0n) is 27.6. The molecule has 3 atom stereocenters. The van der Waals surface area contributed by atoms with Gasteiger partial charge < -0.3 is 34.5 Å². The van der Waals surface area contributed by atoms with Crippen molar-refractivity contribution in [2.75, 3.05) is 47.1 Å². The minimum absolute atomic E-state index is 0.213. The molecule has 0 aromatic heterocycles. The smallest absolute Gasteiger partial charge is 0.410 e. The standard InChI is InChI=1S/C35H48ClN3O7/c1-35(2,3)46-34(42)39(4)30(16-23-8-7-14-44-22-23)21-38-32(40)28-18-26(24-11-12-24)17-27(19-28)31(25-9-6-10-29(36)20-25)45-15-13-37-33(41)43-5/h6,9-10,17-20,23-24,30-31H,7-8,11-16,21-22H2,1-5H3,(H,37,41)(H,38,40)/t23-,30+,31?/m1/s1. The van der Waals surface area contributed by atoms with E-state index < -0.39 is 23.9 Å². The molecule has 10 nitrogen and oxygen atoms in total. The molecule has 1 aliphatic heterocycles. The summed E-state index contributed by atoms with van der Waals surface area (Å²) in [6.07, 6.45) is 3.30. The van der Waals surface area contributed by atoms with Crippen molar-refractivity contribution >= 4 is 29.7 Å². The Morgan fingerprint density at radius 3 is 2.50 bits per heavy atom. The lowest BCUT2D eigenvalue weighted by molar-refractivity contribution is 0.0112. The van der Waals surface area contributed by atoms with Gasteiger partial charge in [-0.05, 0) is 106 Å². The number of hydrogen-bond donors (Lipinski definition) is 2.